The van der Waals surface area contributed by atoms with Gasteiger partial charge < -0.3 is 20.1 Å². The normalized spacial score (nSPS) is 15.7. The summed E-state index contributed by atoms with van der Waals surface area (Å²) in [6.45, 7) is 3.52. The summed E-state index contributed by atoms with van der Waals surface area (Å²) in [5.74, 6) is -0.826. The van der Waals surface area contributed by atoms with Gasteiger partial charge in [0.25, 0.3) is 5.91 Å². The summed E-state index contributed by atoms with van der Waals surface area (Å²) < 4.78 is 28.7. The van der Waals surface area contributed by atoms with E-state index in [1.54, 1.807) is 37.5 Å². The number of benzene rings is 2. The number of imidazole rings is 1. The molecule has 194 valence electrons. The Morgan fingerprint density at radius 3 is 2.70 bits per heavy atom. The second-order valence-corrected chi connectivity index (χ2v) is 10.9. The fraction of sp³-hybridized carbons (Fsp3) is 0.308. The largest absolute Gasteiger partial charge is 0.486 e. The van der Waals surface area contributed by atoms with E-state index >= 15 is 0 Å². The number of carbonyl (C=O) groups is 1. The fourth-order valence-electron chi connectivity index (χ4n) is 4.39. The Labute approximate surface area is 227 Å². The molecule has 7 nitrogen and oxygen atoms in total. The molecule has 1 fully saturated rings. The number of hydrogen-bond acceptors (Lipinski definition) is 6. The average molecular weight is 563 g/mol. The second kappa shape index (κ2) is 10.5. The number of halogens is 3. The van der Waals surface area contributed by atoms with Gasteiger partial charge in [0.1, 0.15) is 34.2 Å². The number of hydrogen-bond donors (Lipinski definition) is 1. The van der Waals surface area contributed by atoms with E-state index in [0.29, 0.717) is 26.9 Å². The van der Waals surface area contributed by atoms with Crippen LogP contribution >= 0.6 is 34.5 Å². The molecule has 1 amide bonds. The zero-order chi connectivity index (χ0) is 26.3. The van der Waals surface area contributed by atoms with Crippen molar-refractivity contribution in [2.75, 3.05) is 20.1 Å². The van der Waals surface area contributed by atoms with Crippen molar-refractivity contribution in [2.45, 2.75) is 32.0 Å². The van der Waals surface area contributed by atoms with Crippen molar-refractivity contribution < 1.29 is 18.7 Å². The molecule has 4 aromatic rings. The van der Waals surface area contributed by atoms with E-state index in [0.717, 1.165) is 31.4 Å². The summed E-state index contributed by atoms with van der Waals surface area (Å²) in [4.78, 5) is 19.1. The molecule has 0 aliphatic carbocycles. The number of primary amides is 1. The maximum atomic E-state index is 14.7. The van der Waals surface area contributed by atoms with Gasteiger partial charge in [-0.05, 0) is 51.1 Å². The minimum atomic E-state index is -0.623. The molecule has 1 unspecified atom stereocenters. The van der Waals surface area contributed by atoms with Crippen LogP contribution in [0.25, 0.3) is 16.0 Å². The van der Waals surface area contributed by atoms with Gasteiger partial charge >= 0.3 is 0 Å². The molecular weight excluding hydrogens is 538 g/mol. The molecule has 2 aromatic carbocycles. The Hall–Kier alpha value is -2.85. The van der Waals surface area contributed by atoms with Crippen LogP contribution in [-0.2, 0) is 0 Å². The second-order valence-electron chi connectivity index (χ2n) is 9.05. The van der Waals surface area contributed by atoms with Crippen LogP contribution in [0, 0.1) is 5.82 Å². The Morgan fingerprint density at radius 1 is 1.22 bits per heavy atom. The van der Waals surface area contributed by atoms with E-state index in [9.17, 15) is 9.18 Å². The number of amides is 1. The number of ether oxygens (including phenoxy) is 2. The number of nitrogens with two attached hydrogens (primary N) is 1. The number of fused-ring (bicyclic) bond motifs is 1. The molecule has 5 rings (SSSR count). The summed E-state index contributed by atoms with van der Waals surface area (Å²) in [6.07, 6.45) is 2.49. The predicted molar refractivity (Wildman–Crippen MR) is 144 cm³/mol. The Balaban J connectivity index is 1.42. The highest BCUT2D eigenvalue weighted by atomic mass is 35.5. The fourth-order valence-corrected chi connectivity index (χ4v) is 5.84. The lowest BCUT2D eigenvalue weighted by Gasteiger charge is -2.30. The van der Waals surface area contributed by atoms with Crippen LogP contribution in [0.4, 0.5) is 4.39 Å². The monoisotopic (exact) mass is 562 g/mol. The smallest absolute Gasteiger partial charge is 0.262 e. The maximum Gasteiger partial charge on any atom is 0.262 e. The molecular formula is C26H25Cl2FN4O3S. The van der Waals surface area contributed by atoms with E-state index in [-0.39, 0.29) is 21.8 Å². The predicted octanol–water partition coefficient (Wildman–Crippen LogP) is 6.24. The van der Waals surface area contributed by atoms with E-state index in [2.05, 4.69) is 9.88 Å². The average Bonchev–Trinajstić information content (AvgIpc) is 3.46. The topological polar surface area (TPSA) is 82.6 Å². The molecule has 1 aliphatic rings. The molecule has 1 saturated heterocycles. The van der Waals surface area contributed by atoms with Crippen molar-refractivity contribution in [3.63, 3.8) is 0 Å². The molecule has 2 N–H and O–H groups in total. The number of piperidine rings is 1. The van der Waals surface area contributed by atoms with Crippen molar-refractivity contribution in [1.29, 1.82) is 0 Å². The van der Waals surface area contributed by atoms with E-state index in [4.69, 9.17) is 38.4 Å². The van der Waals surface area contributed by atoms with E-state index < -0.39 is 17.8 Å². The van der Waals surface area contributed by atoms with E-state index in [1.165, 1.54) is 17.4 Å². The number of carbonyl (C=O) groups excluding carboxylic acids is 1. The van der Waals surface area contributed by atoms with Gasteiger partial charge in [-0.25, -0.2) is 9.37 Å². The third-order valence-electron chi connectivity index (χ3n) is 6.43. The molecule has 1 aliphatic heterocycles. The van der Waals surface area contributed by atoms with Gasteiger partial charge in [0.05, 0.1) is 16.1 Å². The van der Waals surface area contributed by atoms with Gasteiger partial charge in [0.2, 0.25) is 0 Å². The Bertz CT molecular complexity index is 1470. The zero-order valence-corrected chi connectivity index (χ0v) is 22.5. The first-order valence-electron chi connectivity index (χ1n) is 11.8. The minimum absolute atomic E-state index is 0.0221. The molecule has 3 heterocycles. The SMILES string of the molecule is CC(Oc1cc(-n2cnc3cc(Cl)ccc32)sc1C(N)=O)c1ccc(F)c(OC2CCN(C)CC2)c1Cl. The number of aromatic nitrogens is 2. The number of likely N-dealkylation sites (tertiary alicyclic amines) is 1. The molecule has 0 bridgehead atoms. The maximum absolute atomic E-state index is 14.7. The van der Waals surface area contributed by atoms with Crippen LogP contribution in [0.5, 0.6) is 11.5 Å². The van der Waals surface area contributed by atoms with Crippen molar-refractivity contribution in [3.05, 3.63) is 69.0 Å². The highest BCUT2D eigenvalue weighted by molar-refractivity contribution is 7.16. The van der Waals surface area contributed by atoms with Gasteiger partial charge in [-0.1, -0.05) is 29.3 Å². The summed E-state index contributed by atoms with van der Waals surface area (Å²) >= 11 is 13.9. The van der Waals surface area contributed by atoms with Crippen molar-refractivity contribution in [3.8, 4) is 16.5 Å². The third-order valence-corrected chi connectivity index (χ3v) is 8.18. The van der Waals surface area contributed by atoms with Gasteiger partial charge in [-0.3, -0.25) is 9.36 Å². The van der Waals surface area contributed by atoms with Crippen LogP contribution in [0.1, 0.15) is 41.1 Å². The van der Waals surface area contributed by atoms with Crippen LogP contribution in [0.15, 0.2) is 42.7 Å². The van der Waals surface area contributed by atoms with E-state index in [1.807, 2.05) is 17.7 Å². The van der Waals surface area contributed by atoms with Crippen molar-refractivity contribution in [2.24, 2.45) is 5.73 Å². The van der Waals surface area contributed by atoms with Gasteiger partial charge in [-0.2, -0.15) is 0 Å². The molecule has 0 saturated carbocycles. The molecule has 1 atom stereocenters. The lowest BCUT2D eigenvalue weighted by Crippen LogP contribution is -2.35. The van der Waals surface area contributed by atoms with Crippen LogP contribution < -0.4 is 15.2 Å². The summed E-state index contributed by atoms with van der Waals surface area (Å²) in [5.41, 5.74) is 7.74. The molecule has 37 heavy (non-hydrogen) atoms. The molecule has 0 radical (unpaired) electrons. The Kier molecular flexibility index (Phi) is 7.31. The van der Waals surface area contributed by atoms with Crippen LogP contribution in [0.3, 0.4) is 0 Å². The van der Waals surface area contributed by atoms with Gasteiger partial charge in [0, 0.05) is 29.7 Å². The summed E-state index contributed by atoms with van der Waals surface area (Å²) in [6, 6.07) is 9.99. The van der Waals surface area contributed by atoms with Gasteiger partial charge in [-0.15, -0.1) is 11.3 Å². The summed E-state index contributed by atoms with van der Waals surface area (Å²) in [5, 5.41) is 1.42. The molecule has 11 heteroatoms. The molecule has 0 spiro atoms. The lowest BCUT2D eigenvalue weighted by atomic mass is 10.1. The van der Waals surface area contributed by atoms with Crippen LogP contribution in [-0.4, -0.2) is 46.6 Å². The van der Waals surface area contributed by atoms with Crippen molar-refractivity contribution >= 4 is 51.5 Å². The lowest BCUT2D eigenvalue weighted by molar-refractivity contribution is 0.0998. The van der Waals surface area contributed by atoms with Crippen molar-refractivity contribution in [1.82, 2.24) is 14.5 Å². The first kappa shape index (κ1) is 25.8. The van der Waals surface area contributed by atoms with Gasteiger partial charge in [0.15, 0.2) is 11.6 Å². The first-order chi connectivity index (χ1) is 17.7. The molecule has 2 aromatic heterocycles. The number of nitrogens with zero attached hydrogens (tertiary/aromatic N) is 3. The quantitative estimate of drug-likeness (QED) is 0.288. The zero-order valence-electron chi connectivity index (χ0n) is 20.2. The third kappa shape index (κ3) is 5.27. The first-order valence-corrected chi connectivity index (χ1v) is 13.3. The minimum Gasteiger partial charge on any atom is -0.486 e. The Morgan fingerprint density at radius 2 is 1.97 bits per heavy atom. The standard InChI is InChI=1S/C26H25Cl2FN4O3S/c1-14(17-4-5-18(29)24(23(17)28)36-16-7-9-32(2)10-8-16)35-21-12-22(37-25(21)26(30)34)33-13-31-19-11-15(27)3-6-20(19)33/h3-6,11-14,16H,7-10H2,1-2H3,(H2,30,34). The van der Waals surface area contributed by atoms with Crippen LogP contribution in [0.2, 0.25) is 10.0 Å². The summed E-state index contributed by atoms with van der Waals surface area (Å²) in [7, 11) is 2.05. The number of rotatable bonds is 7. The number of thiophene rings is 1. The highest BCUT2D eigenvalue weighted by Gasteiger charge is 2.26. The highest BCUT2D eigenvalue weighted by Crippen LogP contribution is 2.40.